The number of halogens is 1. The van der Waals surface area contributed by atoms with E-state index in [2.05, 4.69) is 72.1 Å². The average Bonchev–Trinajstić information content (AvgIpc) is 3.03. The molecule has 0 spiro atoms. The van der Waals surface area contributed by atoms with Crippen LogP contribution < -0.4 is 10.6 Å². The highest BCUT2D eigenvalue weighted by molar-refractivity contribution is 14.0. The number of aryl methyl sites for hydroxylation is 1. The molecule has 6 heteroatoms. The second-order valence-corrected chi connectivity index (χ2v) is 7.99. The Labute approximate surface area is 174 Å². The molecule has 0 radical (unpaired) electrons. The molecule has 1 saturated carbocycles. The molecular formula is C19H33IN4S. The molecule has 4 nitrogen and oxygen atoms in total. The molecule has 0 amide bonds. The van der Waals surface area contributed by atoms with Crippen molar-refractivity contribution in [2.45, 2.75) is 43.5 Å². The summed E-state index contributed by atoms with van der Waals surface area (Å²) in [7, 11) is 6.11. The van der Waals surface area contributed by atoms with E-state index in [1.807, 2.05) is 18.8 Å². The van der Waals surface area contributed by atoms with E-state index in [9.17, 15) is 0 Å². The number of nitrogens with zero attached hydrogens (tertiary/aromatic N) is 2. The van der Waals surface area contributed by atoms with Crippen molar-refractivity contribution in [3.63, 3.8) is 0 Å². The highest BCUT2D eigenvalue weighted by Gasteiger charge is 2.24. The van der Waals surface area contributed by atoms with Crippen LogP contribution in [-0.4, -0.2) is 56.1 Å². The summed E-state index contributed by atoms with van der Waals surface area (Å²) in [5, 5.41) is 7.90. The van der Waals surface area contributed by atoms with Crippen LogP contribution in [0, 0.1) is 6.92 Å². The van der Waals surface area contributed by atoms with Crippen molar-refractivity contribution in [1.29, 1.82) is 0 Å². The molecule has 2 N–H and O–H groups in total. The maximum absolute atomic E-state index is 4.41. The number of hydrogen-bond acceptors (Lipinski definition) is 3. The minimum absolute atomic E-state index is 0. The monoisotopic (exact) mass is 476 g/mol. The number of benzene rings is 1. The summed E-state index contributed by atoms with van der Waals surface area (Å²) in [5.41, 5.74) is 2.63. The van der Waals surface area contributed by atoms with Crippen molar-refractivity contribution >= 4 is 41.7 Å². The summed E-state index contributed by atoms with van der Waals surface area (Å²) in [5.74, 6) is 0.917. The fourth-order valence-corrected chi connectivity index (χ4v) is 4.05. The van der Waals surface area contributed by atoms with Crippen molar-refractivity contribution in [3.8, 4) is 0 Å². The summed E-state index contributed by atoms with van der Waals surface area (Å²) in [6, 6.07) is 9.67. The number of aliphatic imine (C=N–C) groups is 1. The van der Waals surface area contributed by atoms with Gasteiger partial charge in [0.2, 0.25) is 0 Å². The minimum Gasteiger partial charge on any atom is -0.354 e. The van der Waals surface area contributed by atoms with Gasteiger partial charge in [0.25, 0.3) is 0 Å². The van der Waals surface area contributed by atoms with Crippen LogP contribution in [0.2, 0.25) is 0 Å². The van der Waals surface area contributed by atoms with Gasteiger partial charge in [-0.25, -0.2) is 0 Å². The Morgan fingerprint density at radius 2 is 1.96 bits per heavy atom. The van der Waals surface area contributed by atoms with Crippen molar-refractivity contribution in [2.75, 3.05) is 33.9 Å². The van der Waals surface area contributed by atoms with Crippen LogP contribution >= 0.6 is 35.7 Å². The van der Waals surface area contributed by atoms with E-state index in [4.69, 9.17) is 0 Å². The van der Waals surface area contributed by atoms with E-state index < -0.39 is 0 Å². The third kappa shape index (κ3) is 6.98. The van der Waals surface area contributed by atoms with Gasteiger partial charge in [-0.3, -0.25) is 4.99 Å². The summed E-state index contributed by atoms with van der Waals surface area (Å²) in [6.07, 6.45) is 5.99. The average molecular weight is 476 g/mol. The first-order valence-electron chi connectivity index (χ1n) is 8.76. The molecule has 3 unspecified atom stereocenters. The normalized spacial score (nSPS) is 21.8. The zero-order valence-corrected chi connectivity index (χ0v) is 19.2. The van der Waals surface area contributed by atoms with Gasteiger partial charge in [-0.1, -0.05) is 29.8 Å². The molecule has 1 aliphatic rings. The molecule has 3 atom stereocenters. The minimum atomic E-state index is 0. The van der Waals surface area contributed by atoms with E-state index in [0.29, 0.717) is 12.1 Å². The van der Waals surface area contributed by atoms with Gasteiger partial charge in [0.15, 0.2) is 5.96 Å². The zero-order chi connectivity index (χ0) is 17.5. The van der Waals surface area contributed by atoms with Crippen LogP contribution in [0.3, 0.4) is 0 Å². The second kappa shape index (κ2) is 11.3. The van der Waals surface area contributed by atoms with Gasteiger partial charge in [0, 0.05) is 24.9 Å². The number of likely N-dealkylation sites (N-methyl/N-ethyl adjacent to an activating group) is 1. The number of nitrogens with one attached hydrogen (secondary N) is 2. The Hall–Kier alpha value is -0.470. The zero-order valence-electron chi connectivity index (χ0n) is 16.1. The third-order valence-corrected chi connectivity index (χ3v) is 5.93. The van der Waals surface area contributed by atoms with Crippen molar-refractivity contribution < 1.29 is 0 Å². The fraction of sp³-hybridized carbons (Fsp3) is 0.632. The number of rotatable bonds is 6. The lowest BCUT2D eigenvalue weighted by atomic mass is 10.0. The van der Waals surface area contributed by atoms with E-state index in [1.165, 1.54) is 30.4 Å². The summed E-state index contributed by atoms with van der Waals surface area (Å²) < 4.78 is 0. The van der Waals surface area contributed by atoms with E-state index in [-0.39, 0.29) is 24.0 Å². The first-order chi connectivity index (χ1) is 11.5. The quantitative estimate of drug-likeness (QED) is 0.374. The SMILES string of the molecule is CN=C(NCC(c1ccc(C)cc1)N(C)C)NC1CCC(SC)C1.I. The van der Waals surface area contributed by atoms with Crippen LogP contribution in [0.15, 0.2) is 29.3 Å². The highest BCUT2D eigenvalue weighted by Crippen LogP contribution is 2.28. The predicted octanol–water partition coefficient (Wildman–Crippen LogP) is 3.66. The molecule has 142 valence electrons. The largest absolute Gasteiger partial charge is 0.354 e. The van der Waals surface area contributed by atoms with Gasteiger partial charge < -0.3 is 15.5 Å². The topological polar surface area (TPSA) is 39.7 Å². The van der Waals surface area contributed by atoms with E-state index in [0.717, 1.165) is 17.8 Å². The Morgan fingerprint density at radius 3 is 2.48 bits per heavy atom. The van der Waals surface area contributed by atoms with Gasteiger partial charge in [0.1, 0.15) is 0 Å². The molecule has 25 heavy (non-hydrogen) atoms. The van der Waals surface area contributed by atoms with Crippen molar-refractivity contribution in [1.82, 2.24) is 15.5 Å². The van der Waals surface area contributed by atoms with Crippen LogP contribution in [0.1, 0.15) is 36.4 Å². The summed E-state index contributed by atoms with van der Waals surface area (Å²) in [6.45, 7) is 2.97. The smallest absolute Gasteiger partial charge is 0.191 e. The van der Waals surface area contributed by atoms with Gasteiger partial charge in [-0.05, 0) is 52.1 Å². The Morgan fingerprint density at radius 1 is 1.28 bits per heavy atom. The lowest BCUT2D eigenvalue weighted by Gasteiger charge is -2.27. The van der Waals surface area contributed by atoms with Gasteiger partial charge in [0.05, 0.1) is 6.04 Å². The molecule has 1 aromatic carbocycles. The number of guanidine groups is 1. The maximum atomic E-state index is 4.41. The molecule has 1 fully saturated rings. The molecule has 0 aromatic heterocycles. The molecule has 1 aliphatic carbocycles. The molecule has 2 rings (SSSR count). The standard InChI is InChI=1S/C19H32N4S.HI/c1-14-6-8-15(9-7-14)18(23(3)4)13-21-19(20-2)22-16-10-11-17(12-16)24-5;/h6-9,16-18H,10-13H2,1-5H3,(H2,20,21,22);1H. The van der Waals surface area contributed by atoms with Gasteiger partial charge in [-0.2, -0.15) is 11.8 Å². The summed E-state index contributed by atoms with van der Waals surface area (Å²) in [4.78, 5) is 6.66. The molecule has 1 aromatic rings. The van der Waals surface area contributed by atoms with Crippen LogP contribution in [0.5, 0.6) is 0 Å². The molecular weight excluding hydrogens is 443 g/mol. The second-order valence-electron chi connectivity index (χ2n) is 6.86. The lowest BCUT2D eigenvalue weighted by Crippen LogP contribution is -2.45. The maximum Gasteiger partial charge on any atom is 0.191 e. The third-order valence-electron chi connectivity index (χ3n) is 4.83. The first-order valence-corrected chi connectivity index (χ1v) is 10.0. The Kier molecular flexibility index (Phi) is 10.2. The van der Waals surface area contributed by atoms with Crippen LogP contribution in [0.25, 0.3) is 0 Å². The van der Waals surface area contributed by atoms with Crippen LogP contribution in [-0.2, 0) is 0 Å². The van der Waals surface area contributed by atoms with Gasteiger partial charge >= 0.3 is 0 Å². The Balaban J connectivity index is 0.00000312. The molecule has 0 heterocycles. The lowest BCUT2D eigenvalue weighted by molar-refractivity contribution is 0.298. The predicted molar refractivity (Wildman–Crippen MR) is 122 cm³/mol. The van der Waals surface area contributed by atoms with Crippen molar-refractivity contribution in [2.24, 2.45) is 4.99 Å². The number of hydrogen-bond donors (Lipinski definition) is 2. The fourth-order valence-electron chi connectivity index (χ4n) is 3.25. The first kappa shape index (κ1) is 22.6. The van der Waals surface area contributed by atoms with Gasteiger partial charge in [-0.15, -0.1) is 24.0 Å². The summed E-state index contributed by atoms with van der Waals surface area (Å²) >= 11 is 1.98. The number of thioether (sulfide) groups is 1. The molecule has 0 bridgehead atoms. The molecule has 0 saturated heterocycles. The highest BCUT2D eigenvalue weighted by atomic mass is 127. The van der Waals surface area contributed by atoms with E-state index in [1.54, 1.807) is 0 Å². The Bertz CT molecular complexity index is 533. The van der Waals surface area contributed by atoms with E-state index >= 15 is 0 Å². The van der Waals surface area contributed by atoms with Crippen molar-refractivity contribution in [3.05, 3.63) is 35.4 Å². The molecule has 0 aliphatic heterocycles. The van der Waals surface area contributed by atoms with Crippen LogP contribution in [0.4, 0.5) is 0 Å².